The molecule has 1 fully saturated rings. The van der Waals surface area contributed by atoms with Crippen molar-refractivity contribution < 1.29 is 4.74 Å². The van der Waals surface area contributed by atoms with Crippen molar-refractivity contribution in [1.29, 1.82) is 0 Å². The third kappa shape index (κ3) is 3.93. The number of aromatic nitrogens is 1. The van der Waals surface area contributed by atoms with E-state index in [2.05, 4.69) is 44.0 Å². The van der Waals surface area contributed by atoms with Crippen LogP contribution >= 0.6 is 0 Å². The van der Waals surface area contributed by atoms with Crippen LogP contribution in [0.1, 0.15) is 37.1 Å². The van der Waals surface area contributed by atoms with Crippen LogP contribution in [-0.4, -0.2) is 37.3 Å². The highest BCUT2D eigenvalue weighted by Gasteiger charge is 2.17. The zero-order chi connectivity index (χ0) is 14.5. The summed E-state index contributed by atoms with van der Waals surface area (Å²) < 4.78 is 5.56. The van der Waals surface area contributed by atoms with Crippen molar-refractivity contribution in [3.63, 3.8) is 0 Å². The summed E-state index contributed by atoms with van der Waals surface area (Å²) in [6.07, 6.45) is 1.08. The van der Waals surface area contributed by atoms with Crippen LogP contribution in [0.2, 0.25) is 0 Å². The van der Waals surface area contributed by atoms with Crippen LogP contribution in [0.15, 0.2) is 6.07 Å². The van der Waals surface area contributed by atoms with E-state index < -0.39 is 0 Å². The van der Waals surface area contributed by atoms with E-state index in [4.69, 9.17) is 9.72 Å². The Bertz CT molecular complexity index is 438. The van der Waals surface area contributed by atoms with Gasteiger partial charge in [0.2, 0.25) is 0 Å². The average Bonchev–Trinajstić information content (AvgIpc) is 2.65. The van der Waals surface area contributed by atoms with Crippen LogP contribution in [0.25, 0.3) is 0 Å². The van der Waals surface area contributed by atoms with Crippen molar-refractivity contribution in [3.8, 4) is 0 Å². The Morgan fingerprint density at radius 2 is 2.10 bits per heavy atom. The number of nitrogens with one attached hydrogen (secondary N) is 1. The number of hydrogen-bond donors (Lipinski definition) is 1. The summed E-state index contributed by atoms with van der Waals surface area (Å²) in [6.45, 7) is 13.1. The van der Waals surface area contributed by atoms with Crippen LogP contribution in [0.4, 0.5) is 5.82 Å². The lowest BCUT2D eigenvalue weighted by Crippen LogP contribution is -2.30. The Kier molecular flexibility index (Phi) is 5.38. The van der Waals surface area contributed by atoms with E-state index in [1.807, 2.05) is 0 Å². The average molecular weight is 277 g/mol. The lowest BCUT2D eigenvalue weighted by atomic mass is 10.1. The first-order valence-electron chi connectivity index (χ1n) is 7.61. The fourth-order valence-corrected chi connectivity index (χ4v) is 2.59. The fraction of sp³-hybridized carbons (Fsp3) is 0.688. The van der Waals surface area contributed by atoms with Gasteiger partial charge in [0.05, 0.1) is 6.61 Å². The molecular formula is C16H27N3O. The predicted molar refractivity (Wildman–Crippen MR) is 83.3 cm³/mol. The van der Waals surface area contributed by atoms with Crippen molar-refractivity contribution in [2.24, 2.45) is 0 Å². The van der Waals surface area contributed by atoms with Crippen LogP contribution in [-0.2, 0) is 11.3 Å². The SMILES string of the molecule is Cc1cc(C)c(CNC(C)C)c(N2CCCOCC2)n1. The molecule has 1 N–H and O–H groups in total. The zero-order valence-electron chi connectivity index (χ0n) is 13.2. The second-order valence-electron chi connectivity index (χ2n) is 5.87. The minimum absolute atomic E-state index is 0.482. The Morgan fingerprint density at radius 3 is 2.85 bits per heavy atom. The van der Waals surface area contributed by atoms with Crippen molar-refractivity contribution in [1.82, 2.24) is 10.3 Å². The monoisotopic (exact) mass is 277 g/mol. The van der Waals surface area contributed by atoms with Gasteiger partial charge in [-0.25, -0.2) is 4.98 Å². The van der Waals surface area contributed by atoms with Gasteiger partial charge in [-0.1, -0.05) is 13.8 Å². The number of nitrogens with zero attached hydrogens (tertiary/aromatic N) is 2. The Hall–Kier alpha value is -1.13. The highest BCUT2D eigenvalue weighted by Crippen LogP contribution is 2.23. The molecule has 4 heteroatoms. The Morgan fingerprint density at radius 1 is 1.30 bits per heavy atom. The molecule has 2 heterocycles. The Balaban J connectivity index is 2.28. The molecule has 0 amide bonds. The lowest BCUT2D eigenvalue weighted by molar-refractivity contribution is 0.152. The largest absolute Gasteiger partial charge is 0.380 e. The molecule has 1 saturated heterocycles. The van der Waals surface area contributed by atoms with Gasteiger partial charge >= 0.3 is 0 Å². The van der Waals surface area contributed by atoms with Gasteiger partial charge in [0, 0.05) is 43.5 Å². The summed E-state index contributed by atoms with van der Waals surface area (Å²) in [5, 5.41) is 3.52. The maximum Gasteiger partial charge on any atom is 0.133 e. The van der Waals surface area contributed by atoms with Gasteiger partial charge in [-0.3, -0.25) is 0 Å². The summed E-state index contributed by atoms with van der Waals surface area (Å²) in [5.74, 6) is 1.14. The lowest BCUT2D eigenvalue weighted by Gasteiger charge is -2.26. The summed E-state index contributed by atoms with van der Waals surface area (Å²) in [4.78, 5) is 7.19. The van der Waals surface area contributed by atoms with E-state index in [-0.39, 0.29) is 0 Å². The van der Waals surface area contributed by atoms with E-state index in [0.29, 0.717) is 6.04 Å². The molecule has 0 spiro atoms. The third-order valence-electron chi connectivity index (χ3n) is 3.66. The molecule has 1 aliphatic heterocycles. The van der Waals surface area contributed by atoms with Crippen LogP contribution < -0.4 is 10.2 Å². The number of pyridine rings is 1. The molecule has 0 saturated carbocycles. The van der Waals surface area contributed by atoms with Crippen molar-refractivity contribution in [2.45, 2.75) is 46.7 Å². The predicted octanol–water partition coefficient (Wildman–Crippen LogP) is 2.42. The van der Waals surface area contributed by atoms with Crippen molar-refractivity contribution in [3.05, 3.63) is 22.9 Å². The number of aryl methyl sites for hydroxylation is 2. The van der Waals surface area contributed by atoms with Crippen LogP contribution in [0.3, 0.4) is 0 Å². The molecule has 20 heavy (non-hydrogen) atoms. The minimum atomic E-state index is 0.482. The van der Waals surface area contributed by atoms with Crippen molar-refractivity contribution in [2.75, 3.05) is 31.2 Å². The molecule has 0 aliphatic carbocycles. The van der Waals surface area contributed by atoms with E-state index in [0.717, 1.165) is 50.8 Å². The van der Waals surface area contributed by atoms with Crippen LogP contribution in [0.5, 0.6) is 0 Å². The second kappa shape index (κ2) is 7.04. The second-order valence-corrected chi connectivity index (χ2v) is 5.87. The van der Waals surface area contributed by atoms with Gasteiger partial charge in [0.25, 0.3) is 0 Å². The summed E-state index contributed by atoms with van der Waals surface area (Å²) >= 11 is 0. The zero-order valence-corrected chi connectivity index (χ0v) is 13.2. The Labute approximate surface area is 122 Å². The topological polar surface area (TPSA) is 37.4 Å². The van der Waals surface area contributed by atoms with Gasteiger partial charge in [0.1, 0.15) is 5.82 Å². The molecule has 112 valence electrons. The van der Waals surface area contributed by atoms with Crippen LogP contribution in [0, 0.1) is 13.8 Å². The van der Waals surface area contributed by atoms with E-state index >= 15 is 0 Å². The smallest absolute Gasteiger partial charge is 0.133 e. The number of rotatable bonds is 4. The quantitative estimate of drug-likeness (QED) is 0.917. The fourth-order valence-electron chi connectivity index (χ4n) is 2.59. The standard InChI is InChI=1S/C16H27N3O/c1-12(2)17-11-15-13(3)10-14(4)18-16(15)19-6-5-8-20-9-7-19/h10,12,17H,5-9,11H2,1-4H3. The molecule has 2 rings (SSSR count). The molecule has 4 nitrogen and oxygen atoms in total. The molecule has 0 aromatic carbocycles. The molecule has 0 radical (unpaired) electrons. The molecule has 1 aromatic rings. The molecule has 0 atom stereocenters. The molecule has 0 bridgehead atoms. The first kappa shape index (κ1) is 15.3. The number of hydrogen-bond acceptors (Lipinski definition) is 4. The third-order valence-corrected chi connectivity index (χ3v) is 3.66. The normalized spacial score (nSPS) is 16.6. The molecule has 1 aliphatic rings. The summed E-state index contributed by atoms with van der Waals surface area (Å²) in [5.41, 5.74) is 3.74. The van der Waals surface area contributed by atoms with Gasteiger partial charge in [-0.15, -0.1) is 0 Å². The maximum absolute atomic E-state index is 5.56. The molecule has 1 aromatic heterocycles. The highest BCUT2D eigenvalue weighted by atomic mass is 16.5. The van der Waals surface area contributed by atoms with Gasteiger partial charge in [-0.2, -0.15) is 0 Å². The molecule has 0 unspecified atom stereocenters. The van der Waals surface area contributed by atoms with E-state index in [1.165, 1.54) is 11.1 Å². The number of ether oxygens (including phenoxy) is 1. The summed E-state index contributed by atoms with van der Waals surface area (Å²) in [6, 6.07) is 2.66. The highest BCUT2D eigenvalue weighted by molar-refractivity contribution is 5.51. The molecular weight excluding hydrogens is 250 g/mol. The van der Waals surface area contributed by atoms with E-state index in [9.17, 15) is 0 Å². The summed E-state index contributed by atoms with van der Waals surface area (Å²) in [7, 11) is 0. The van der Waals surface area contributed by atoms with Gasteiger partial charge in [-0.05, 0) is 31.9 Å². The van der Waals surface area contributed by atoms with Gasteiger partial charge < -0.3 is 15.0 Å². The maximum atomic E-state index is 5.56. The first-order valence-corrected chi connectivity index (χ1v) is 7.61. The minimum Gasteiger partial charge on any atom is -0.380 e. The van der Waals surface area contributed by atoms with E-state index in [1.54, 1.807) is 0 Å². The van der Waals surface area contributed by atoms with Gasteiger partial charge in [0.15, 0.2) is 0 Å². The van der Waals surface area contributed by atoms with Crippen molar-refractivity contribution >= 4 is 5.82 Å². The first-order chi connectivity index (χ1) is 9.58. The number of anilines is 1.